The van der Waals surface area contributed by atoms with E-state index in [4.69, 9.17) is 10.5 Å². The monoisotopic (exact) mass is 475 g/mol. The number of nitrogens with zero attached hydrogens (tertiary/aromatic N) is 3. The molecule has 184 valence electrons. The quantitative estimate of drug-likeness (QED) is 0.519. The van der Waals surface area contributed by atoms with Gasteiger partial charge in [0, 0.05) is 37.8 Å². The number of aliphatic hydroxyl groups is 1. The van der Waals surface area contributed by atoms with Gasteiger partial charge in [-0.25, -0.2) is 4.98 Å². The van der Waals surface area contributed by atoms with Crippen molar-refractivity contribution in [3.8, 4) is 0 Å². The first-order chi connectivity index (χ1) is 16.9. The SMILES string of the molecule is Cc1ccnc(C2(N)CCN(Cc3cc(C(=O)N[C@H]4CCOC[C@@H]4O)nc4ccccc34)CC2)c1. The average molecular weight is 476 g/mol. The molecule has 0 spiro atoms. The Morgan fingerprint density at radius 3 is 2.83 bits per heavy atom. The van der Waals surface area contributed by atoms with Crippen LogP contribution in [-0.4, -0.2) is 64.3 Å². The summed E-state index contributed by atoms with van der Waals surface area (Å²) in [4.78, 5) is 24.6. The molecule has 0 unspecified atom stereocenters. The van der Waals surface area contributed by atoms with Crippen LogP contribution in [0.4, 0.5) is 0 Å². The molecule has 1 amide bonds. The molecule has 3 aromatic rings. The number of amides is 1. The predicted molar refractivity (Wildman–Crippen MR) is 134 cm³/mol. The van der Waals surface area contributed by atoms with Crippen molar-refractivity contribution in [1.82, 2.24) is 20.2 Å². The summed E-state index contributed by atoms with van der Waals surface area (Å²) < 4.78 is 5.27. The van der Waals surface area contributed by atoms with E-state index in [0.717, 1.165) is 48.1 Å². The lowest BCUT2D eigenvalue weighted by atomic mass is 9.84. The third kappa shape index (κ3) is 5.21. The third-order valence-corrected chi connectivity index (χ3v) is 7.25. The smallest absolute Gasteiger partial charge is 0.270 e. The number of nitrogens with one attached hydrogen (secondary N) is 1. The third-order valence-electron chi connectivity index (χ3n) is 7.25. The van der Waals surface area contributed by atoms with Crippen LogP contribution < -0.4 is 11.1 Å². The van der Waals surface area contributed by atoms with Gasteiger partial charge in [0.15, 0.2) is 0 Å². The Morgan fingerprint density at radius 1 is 1.26 bits per heavy atom. The number of aromatic nitrogens is 2. The van der Waals surface area contributed by atoms with E-state index in [2.05, 4.69) is 39.2 Å². The minimum atomic E-state index is -0.708. The lowest BCUT2D eigenvalue weighted by molar-refractivity contribution is -0.0261. The van der Waals surface area contributed by atoms with E-state index in [1.54, 1.807) is 0 Å². The van der Waals surface area contributed by atoms with E-state index in [9.17, 15) is 9.90 Å². The van der Waals surface area contributed by atoms with Crippen LogP contribution in [0.25, 0.3) is 10.9 Å². The highest BCUT2D eigenvalue weighted by molar-refractivity contribution is 5.96. The molecule has 4 N–H and O–H groups in total. The Bertz CT molecular complexity index is 1210. The molecule has 0 bridgehead atoms. The van der Waals surface area contributed by atoms with Crippen molar-refractivity contribution < 1.29 is 14.6 Å². The Morgan fingerprint density at radius 2 is 2.06 bits per heavy atom. The topological polar surface area (TPSA) is 114 Å². The maximum atomic E-state index is 13.1. The highest BCUT2D eigenvalue weighted by atomic mass is 16.5. The first kappa shape index (κ1) is 23.8. The maximum absolute atomic E-state index is 13.1. The summed E-state index contributed by atoms with van der Waals surface area (Å²) in [6.45, 7) is 5.22. The Kier molecular flexibility index (Phi) is 6.80. The van der Waals surface area contributed by atoms with Crippen LogP contribution in [0.15, 0.2) is 48.7 Å². The van der Waals surface area contributed by atoms with Crippen LogP contribution in [0.3, 0.4) is 0 Å². The summed E-state index contributed by atoms with van der Waals surface area (Å²) in [6, 6.07) is 13.6. The number of carbonyl (C=O) groups is 1. The van der Waals surface area contributed by atoms with Crippen LogP contribution in [0.5, 0.6) is 0 Å². The van der Waals surface area contributed by atoms with Crippen molar-refractivity contribution >= 4 is 16.8 Å². The summed E-state index contributed by atoms with van der Waals surface area (Å²) in [7, 11) is 0. The van der Waals surface area contributed by atoms with Gasteiger partial charge >= 0.3 is 0 Å². The van der Waals surface area contributed by atoms with Crippen LogP contribution in [0, 0.1) is 6.92 Å². The molecule has 2 saturated heterocycles. The number of nitrogens with two attached hydrogens (primary N) is 1. The number of fused-ring (bicyclic) bond motifs is 1. The minimum absolute atomic E-state index is 0.233. The number of aryl methyl sites for hydroxylation is 1. The molecule has 8 heteroatoms. The molecule has 2 aliphatic rings. The highest BCUT2D eigenvalue weighted by Crippen LogP contribution is 2.31. The van der Waals surface area contributed by atoms with Crippen molar-refractivity contribution in [2.24, 2.45) is 5.73 Å². The van der Waals surface area contributed by atoms with Gasteiger partial charge in [-0.3, -0.25) is 14.7 Å². The number of aliphatic hydroxyl groups excluding tert-OH is 1. The molecule has 2 atom stereocenters. The second kappa shape index (κ2) is 9.99. The number of carbonyl (C=O) groups excluding carboxylic acids is 1. The number of hydrogen-bond acceptors (Lipinski definition) is 7. The van der Waals surface area contributed by atoms with E-state index in [-0.39, 0.29) is 18.6 Å². The zero-order chi connectivity index (χ0) is 24.4. The molecular formula is C27H33N5O3. The standard InChI is InChI=1S/C27H33N5O3/c1-18-6-10-29-25(14-18)27(28)8-11-32(12-9-27)16-19-15-23(30-21-5-3-2-4-20(19)21)26(34)31-22-7-13-35-17-24(22)33/h2-6,10,14-15,22,24,33H,7-9,11-13,16-17,28H2,1H3,(H,31,34)/t22-,24-/m0/s1. The highest BCUT2D eigenvalue weighted by Gasteiger charge is 2.34. The number of hydrogen-bond donors (Lipinski definition) is 3. The van der Waals surface area contributed by atoms with Gasteiger partial charge in [0.1, 0.15) is 5.69 Å². The maximum Gasteiger partial charge on any atom is 0.270 e. The van der Waals surface area contributed by atoms with E-state index >= 15 is 0 Å². The van der Waals surface area contributed by atoms with Crippen LogP contribution in [0.2, 0.25) is 0 Å². The van der Waals surface area contributed by atoms with Crippen molar-refractivity contribution in [2.45, 2.75) is 50.4 Å². The fourth-order valence-corrected chi connectivity index (χ4v) is 5.04. The van der Waals surface area contributed by atoms with Crippen LogP contribution in [0.1, 0.15) is 46.6 Å². The van der Waals surface area contributed by atoms with Crippen molar-refractivity contribution in [2.75, 3.05) is 26.3 Å². The first-order valence-corrected chi connectivity index (χ1v) is 12.3. The van der Waals surface area contributed by atoms with Crippen molar-refractivity contribution in [1.29, 1.82) is 0 Å². The number of benzene rings is 1. The first-order valence-electron chi connectivity index (χ1n) is 12.3. The number of pyridine rings is 2. The minimum Gasteiger partial charge on any atom is -0.389 e. The molecule has 0 aliphatic carbocycles. The van der Waals surface area contributed by atoms with Crippen LogP contribution in [-0.2, 0) is 16.8 Å². The summed E-state index contributed by atoms with van der Waals surface area (Å²) in [5, 5.41) is 14.2. The van der Waals surface area contributed by atoms with Gasteiger partial charge in [-0.2, -0.15) is 0 Å². The zero-order valence-electron chi connectivity index (χ0n) is 20.1. The lowest BCUT2D eigenvalue weighted by Gasteiger charge is -2.39. The van der Waals surface area contributed by atoms with Crippen molar-refractivity contribution in [3.05, 3.63) is 71.2 Å². The second-order valence-corrected chi connectivity index (χ2v) is 9.85. The van der Waals surface area contributed by atoms with Crippen LogP contribution >= 0.6 is 0 Å². The fourth-order valence-electron chi connectivity index (χ4n) is 5.04. The van der Waals surface area contributed by atoms with Gasteiger partial charge in [0.05, 0.1) is 35.5 Å². The number of piperidine rings is 1. The largest absolute Gasteiger partial charge is 0.389 e. The number of likely N-dealkylation sites (tertiary alicyclic amines) is 1. The molecule has 4 heterocycles. The Balaban J connectivity index is 1.33. The molecule has 5 rings (SSSR count). The molecule has 0 saturated carbocycles. The Hall–Kier alpha value is -2.91. The number of rotatable bonds is 5. The second-order valence-electron chi connectivity index (χ2n) is 9.85. The molecule has 2 fully saturated rings. The molecule has 35 heavy (non-hydrogen) atoms. The normalized spacial score (nSPS) is 22.7. The number of para-hydroxylation sites is 1. The summed E-state index contributed by atoms with van der Waals surface area (Å²) >= 11 is 0. The van der Waals surface area contributed by atoms with E-state index < -0.39 is 11.6 Å². The lowest BCUT2D eigenvalue weighted by Crippen LogP contribution is -2.49. The van der Waals surface area contributed by atoms with E-state index in [0.29, 0.717) is 25.3 Å². The molecule has 2 aliphatic heterocycles. The summed E-state index contributed by atoms with van der Waals surface area (Å²) in [5.41, 5.74) is 10.7. The molecular weight excluding hydrogens is 442 g/mol. The predicted octanol–water partition coefficient (Wildman–Crippen LogP) is 2.27. The average Bonchev–Trinajstić information content (AvgIpc) is 2.87. The van der Waals surface area contributed by atoms with Gasteiger partial charge in [-0.05, 0) is 61.6 Å². The summed E-state index contributed by atoms with van der Waals surface area (Å²) in [5.74, 6) is -0.270. The number of ether oxygens (including phenoxy) is 1. The van der Waals surface area contributed by atoms with Gasteiger partial charge in [0.25, 0.3) is 5.91 Å². The molecule has 8 nitrogen and oxygen atoms in total. The fraction of sp³-hybridized carbons (Fsp3) is 0.444. The van der Waals surface area contributed by atoms with Crippen molar-refractivity contribution in [3.63, 3.8) is 0 Å². The summed E-state index contributed by atoms with van der Waals surface area (Å²) in [6.07, 6.45) is 3.35. The van der Waals surface area contributed by atoms with Gasteiger partial charge in [-0.15, -0.1) is 0 Å². The van der Waals surface area contributed by atoms with E-state index in [1.165, 1.54) is 5.56 Å². The van der Waals surface area contributed by atoms with Gasteiger partial charge in [0.2, 0.25) is 0 Å². The van der Waals surface area contributed by atoms with E-state index in [1.807, 2.05) is 36.5 Å². The molecule has 0 radical (unpaired) electrons. The Labute approximate surface area is 205 Å². The molecule has 2 aromatic heterocycles. The van der Waals surface area contributed by atoms with Gasteiger partial charge in [-0.1, -0.05) is 18.2 Å². The molecule has 1 aromatic carbocycles. The zero-order valence-corrected chi connectivity index (χ0v) is 20.1. The van der Waals surface area contributed by atoms with Gasteiger partial charge < -0.3 is 20.9 Å².